The van der Waals surface area contributed by atoms with E-state index in [1.165, 1.54) is 7.11 Å². The van der Waals surface area contributed by atoms with Gasteiger partial charge in [-0.3, -0.25) is 10.6 Å². The van der Waals surface area contributed by atoms with E-state index < -0.39 is 32.1 Å². The fourth-order valence-electron chi connectivity index (χ4n) is 1.60. The van der Waals surface area contributed by atoms with Gasteiger partial charge < -0.3 is 13.9 Å². The van der Waals surface area contributed by atoms with E-state index in [2.05, 4.69) is 44.5 Å². The topological polar surface area (TPSA) is 85.9 Å². The Kier molecular flexibility index (Phi) is 9.11. The summed E-state index contributed by atoms with van der Waals surface area (Å²) in [6, 6.07) is 0. The number of alkyl carbamates (subject to hydrolysis) is 1. The highest BCUT2D eigenvalue weighted by Crippen LogP contribution is 2.36. The minimum absolute atomic E-state index is 0.160. The molecule has 0 rings (SSSR count). The van der Waals surface area contributed by atoms with Gasteiger partial charge in [-0.15, -0.1) is 0 Å². The van der Waals surface area contributed by atoms with E-state index in [0.717, 1.165) is 6.42 Å². The van der Waals surface area contributed by atoms with Crippen LogP contribution >= 0.6 is 0 Å². The van der Waals surface area contributed by atoms with Crippen molar-refractivity contribution in [1.29, 1.82) is 0 Å². The van der Waals surface area contributed by atoms with Crippen molar-refractivity contribution in [2.45, 2.75) is 77.9 Å². The Labute approximate surface area is 153 Å². The van der Waals surface area contributed by atoms with Gasteiger partial charge in [-0.25, -0.2) is 9.59 Å². The molecule has 1 unspecified atom stereocenters. The number of ether oxygens (including phenoxy) is 2. The predicted octanol–water partition coefficient (Wildman–Crippen LogP) is 3.01. The SMILES string of the molecule is COC(=O)C(NCCCO[Si](C)(C)C(C)(C)C)NC(=O)OC(C)(C)C. The summed E-state index contributed by atoms with van der Waals surface area (Å²) < 4.78 is 15.9. The molecule has 2 N–H and O–H groups in total. The van der Waals surface area contributed by atoms with Gasteiger partial charge in [0.25, 0.3) is 0 Å². The predicted molar refractivity (Wildman–Crippen MR) is 101 cm³/mol. The minimum Gasteiger partial charge on any atom is -0.466 e. The monoisotopic (exact) mass is 376 g/mol. The number of amides is 1. The maximum absolute atomic E-state index is 11.8. The van der Waals surface area contributed by atoms with Gasteiger partial charge in [-0.2, -0.15) is 0 Å². The van der Waals surface area contributed by atoms with Crippen LogP contribution in [0.3, 0.4) is 0 Å². The first-order valence-electron chi connectivity index (χ1n) is 8.64. The molecule has 8 heteroatoms. The van der Waals surface area contributed by atoms with Crippen molar-refractivity contribution in [3.05, 3.63) is 0 Å². The molecule has 25 heavy (non-hydrogen) atoms. The summed E-state index contributed by atoms with van der Waals surface area (Å²) in [5.41, 5.74) is -0.637. The van der Waals surface area contributed by atoms with Crippen LogP contribution in [0.15, 0.2) is 0 Å². The number of hydrogen-bond donors (Lipinski definition) is 2. The van der Waals surface area contributed by atoms with Crippen LogP contribution in [0.5, 0.6) is 0 Å². The van der Waals surface area contributed by atoms with Crippen molar-refractivity contribution in [2.24, 2.45) is 0 Å². The molecule has 0 saturated carbocycles. The first-order chi connectivity index (χ1) is 11.2. The van der Waals surface area contributed by atoms with Crippen LogP contribution < -0.4 is 10.6 Å². The molecular weight excluding hydrogens is 340 g/mol. The number of hydrogen-bond acceptors (Lipinski definition) is 6. The Morgan fingerprint density at radius 2 is 1.64 bits per heavy atom. The molecule has 0 spiro atoms. The van der Waals surface area contributed by atoms with Gasteiger partial charge in [0.05, 0.1) is 7.11 Å². The Morgan fingerprint density at radius 1 is 1.08 bits per heavy atom. The maximum Gasteiger partial charge on any atom is 0.409 e. The van der Waals surface area contributed by atoms with Crippen molar-refractivity contribution in [3.63, 3.8) is 0 Å². The van der Waals surface area contributed by atoms with Gasteiger partial charge in [0.1, 0.15) is 5.60 Å². The van der Waals surface area contributed by atoms with Gasteiger partial charge in [0.2, 0.25) is 0 Å². The van der Waals surface area contributed by atoms with Crippen molar-refractivity contribution in [3.8, 4) is 0 Å². The van der Waals surface area contributed by atoms with Crippen LogP contribution in [0, 0.1) is 0 Å². The van der Waals surface area contributed by atoms with Gasteiger partial charge in [0, 0.05) is 6.61 Å². The molecule has 0 heterocycles. The quantitative estimate of drug-likeness (QED) is 0.293. The molecule has 1 atom stereocenters. The van der Waals surface area contributed by atoms with E-state index in [1.54, 1.807) is 20.8 Å². The van der Waals surface area contributed by atoms with E-state index in [9.17, 15) is 9.59 Å². The van der Waals surface area contributed by atoms with Gasteiger partial charge in [-0.1, -0.05) is 20.8 Å². The van der Waals surface area contributed by atoms with Crippen LogP contribution in [0.25, 0.3) is 0 Å². The molecule has 0 aromatic heterocycles. The van der Waals surface area contributed by atoms with Crippen molar-refractivity contribution in [2.75, 3.05) is 20.3 Å². The molecule has 148 valence electrons. The fourth-order valence-corrected chi connectivity index (χ4v) is 2.69. The lowest BCUT2D eigenvalue weighted by molar-refractivity contribution is -0.144. The molecule has 0 aliphatic carbocycles. The third-order valence-electron chi connectivity index (χ3n) is 4.04. The van der Waals surface area contributed by atoms with E-state index in [1.807, 2.05) is 0 Å². The van der Waals surface area contributed by atoms with Crippen molar-refractivity contribution in [1.82, 2.24) is 10.6 Å². The van der Waals surface area contributed by atoms with Gasteiger partial charge in [0.15, 0.2) is 14.5 Å². The van der Waals surface area contributed by atoms with Gasteiger partial charge >= 0.3 is 12.1 Å². The average Bonchev–Trinajstić information content (AvgIpc) is 2.41. The van der Waals surface area contributed by atoms with E-state index >= 15 is 0 Å². The highest BCUT2D eigenvalue weighted by atomic mass is 28.4. The largest absolute Gasteiger partial charge is 0.466 e. The second-order valence-electron chi connectivity index (χ2n) is 8.52. The number of rotatable bonds is 8. The molecule has 0 aromatic rings. The summed E-state index contributed by atoms with van der Waals surface area (Å²) in [6.07, 6.45) is -0.906. The minimum atomic E-state index is -1.77. The Bertz CT molecular complexity index is 441. The lowest BCUT2D eigenvalue weighted by atomic mass is 10.2. The number of carbonyl (C=O) groups is 2. The lowest BCUT2D eigenvalue weighted by Gasteiger charge is -2.36. The zero-order valence-electron chi connectivity index (χ0n) is 17.2. The molecule has 0 fully saturated rings. The maximum atomic E-state index is 11.8. The molecule has 0 bridgehead atoms. The van der Waals surface area contributed by atoms with E-state index in [0.29, 0.717) is 13.2 Å². The molecule has 0 aliphatic rings. The smallest absolute Gasteiger partial charge is 0.409 e. The van der Waals surface area contributed by atoms with Gasteiger partial charge in [-0.05, 0) is 51.9 Å². The molecular formula is C17H36N2O5Si. The molecule has 0 radical (unpaired) electrons. The van der Waals surface area contributed by atoms with Crippen LogP contribution in [-0.2, 0) is 18.7 Å². The van der Waals surface area contributed by atoms with Crippen LogP contribution in [0.2, 0.25) is 18.1 Å². The third-order valence-corrected chi connectivity index (χ3v) is 8.57. The molecule has 0 aromatic carbocycles. The van der Waals surface area contributed by atoms with E-state index in [-0.39, 0.29) is 5.04 Å². The standard InChI is InChI=1S/C17H36N2O5Si/c1-16(2,3)24-15(21)19-13(14(20)22-7)18-11-10-12-23-25(8,9)17(4,5)6/h13,18H,10-12H2,1-9H3,(H,19,21). The number of carbonyl (C=O) groups excluding carboxylic acids is 2. The Hall–Kier alpha value is -1.12. The zero-order chi connectivity index (χ0) is 19.9. The summed E-state index contributed by atoms with van der Waals surface area (Å²) in [5, 5.41) is 5.60. The third kappa shape index (κ3) is 9.81. The van der Waals surface area contributed by atoms with Crippen LogP contribution in [0.1, 0.15) is 48.0 Å². The summed E-state index contributed by atoms with van der Waals surface area (Å²) in [6.45, 7) is 17.3. The summed E-state index contributed by atoms with van der Waals surface area (Å²) in [5.74, 6) is -0.573. The first kappa shape index (κ1) is 23.9. The summed E-state index contributed by atoms with van der Waals surface area (Å²) >= 11 is 0. The zero-order valence-corrected chi connectivity index (χ0v) is 18.2. The Morgan fingerprint density at radius 3 is 2.08 bits per heavy atom. The first-order valence-corrected chi connectivity index (χ1v) is 11.5. The lowest BCUT2D eigenvalue weighted by Crippen LogP contribution is -2.52. The fraction of sp³-hybridized carbons (Fsp3) is 0.882. The highest BCUT2D eigenvalue weighted by Gasteiger charge is 2.36. The molecule has 0 saturated heterocycles. The van der Waals surface area contributed by atoms with E-state index in [4.69, 9.17) is 13.9 Å². The van der Waals surface area contributed by atoms with Crippen molar-refractivity contribution >= 4 is 20.4 Å². The normalized spacial score (nSPS) is 14.0. The highest BCUT2D eigenvalue weighted by molar-refractivity contribution is 6.74. The molecule has 1 amide bonds. The second-order valence-corrected chi connectivity index (χ2v) is 13.3. The van der Waals surface area contributed by atoms with Crippen LogP contribution in [0.4, 0.5) is 4.79 Å². The summed E-state index contributed by atoms with van der Waals surface area (Å²) in [7, 11) is -0.501. The molecule has 0 aliphatic heterocycles. The van der Waals surface area contributed by atoms with Crippen molar-refractivity contribution < 1.29 is 23.5 Å². The molecule has 7 nitrogen and oxygen atoms in total. The second kappa shape index (κ2) is 9.54. The summed E-state index contributed by atoms with van der Waals surface area (Å²) in [4.78, 5) is 23.6. The van der Waals surface area contributed by atoms with Crippen LogP contribution in [-0.4, -0.2) is 52.4 Å². The average molecular weight is 377 g/mol. The number of methoxy groups -OCH3 is 1. The number of esters is 1. The Balaban J connectivity index is 4.39. The number of nitrogens with one attached hydrogen (secondary N) is 2.